The number of aliphatic hydroxyl groups is 1. The molecule has 5 atom stereocenters. The van der Waals surface area contributed by atoms with Crippen LogP contribution >= 0.6 is 0 Å². The summed E-state index contributed by atoms with van der Waals surface area (Å²) in [6, 6.07) is 19.3. The van der Waals surface area contributed by atoms with Gasteiger partial charge in [0.1, 0.15) is 12.4 Å². The molecule has 0 unspecified atom stereocenters. The van der Waals surface area contributed by atoms with Crippen LogP contribution in [0.4, 0.5) is 4.79 Å². The van der Waals surface area contributed by atoms with Gasteiger partial charge in [-0.2, -0.15) is 9.57 Å². The number of sulfonamides is 1. The van der Waals surface area contributed by atoms with Gasteiger partial charge in [0.15, 0.2) is 17.8 Å². The summed E-state index contributed by atoms with van der Waals surface area (Å²) >= 11 is 0. The average molecular weight is 734 g/mol. The van der Waals surface area contributed by atoms with Gasteiger partial charge in [0.2, 0.25) is 16.8 Å². The van der Waals surface area contributed by atoms with Gasteiger partial charge < -0.3 is 33.9 Å². The van der Waals surface area contributed by atoms with Crippen LogP contribution in [-0.4, -0.2) is 91.5 Å². The van der Waals surface area contributed by atoms with Crippen molar-refractivity contribution in [2.45, 2.75) is 74.5 Å². The summed E-state index contributed by atoms with van der Waals surface area (Å²) in [4.78, 5) is 14.4. The summed E-state index contributed by atoms with van der Waals surface area (Å²) in [5.74, 6) is 1.25. The monoisotopic (exact) mass is 733 g/mol. The standard InChI is InChI=1S/C38H43N3O10S/c39-19-27-6-3-7-28(16-27)22-48-29-10-8-25(9-11-29)17-32(41(38(43)44)33-23-49-37-31(33)14-15-47-37)34(42)21-40(20-26-4-1-2-5-26)52(45,46)30-12-13-35-36(18-30)51-24-50-35/h3,6-13,16,18,26,31-34,37,42H,1-2,4-5,14-15,17,20-24H2,(H,43,44)/t31-,32-,33-,34+,37+/m0/s1. The molecule has 1 amide bonds. The fourth-order valence-corrected chi connectivity index (χ4v) is 9.36. The van der Waals surface area contributed by atoms with E-state index < -0.39 is 40.6 Å². The third-order valence-electron chi connectivity index (χ3n) is 10.5. The zero-order valence-electron chi connectivity index (χ0n) is 28.7. The second kappa shape index (κ2) is 15.7. The smallest absolute Gasteiger partial charge is 0.407 e. The molecular formula is C38H43N3O10S. The van der Waals surface area contributed by atoms with E-state index in [0.717, 1.165) is 36.8 Å². The van der Waals surface area contributed by atoms with Crippen LogP contribution < -0.4 is 14.2 Å². The number of hydrogen-bond donors (Lipinski definition) is 2. The summed E-state index contributed by atoms with van der Waals surface area (Å²) in [5.41, 5.74) is 2.11. The molecule has 1 aliphatic carbocycles. The Labute approximate surface area is 303 Å². The van der Waals surface area contributed by atoms with E-state index in [-0.39, 0.29) is 56.2 Å². The normalized spacial score (nSPS) is 22.2. The van der Waals surface area contributed by atoms with Crippen molar-refractivity contribution >= 4 is 16.1 Å². The minimum Gasteiger partial charge on any atom is -0.489 e. The van der Waals surface area contributed by atoms with Gasteiger partial charge in [-0.15, -0.1) is 0 Å². The quantitative estimate of drug-likeness (QED) is 0.234. The van der Waals surface area contributed by atoms with Crippen LogP contribution in [0, 0.1) is 23.2 Å². The van der Waals surface area contributed by atoms with Gasteiger partial charge in [-0.1, -0.05) is 37.1 Å². The molecule has 0 radical (unpaired) electrons. The minimum absolute atomic E-state index is 0.00285. The predicted octanol–water partition coefficient (Wildman–Crippen LogP) is 4.76. The van der Waals surface area contributed by atoms with E-state index >= 15 is 0 Å². The molecule has 2 N–H and O–H groups in total. The first-order valence-electron chi connectivity index (χ1n) is 17.7. The third kappa shape index (κ3) is 7.84. The fourth-order valence-electron chi connectivity index (χ4n) is 7.81. The Kier molecular flexibility index (Phi) is 10.9. The lowest BCUT2D eigenvalue weighted by Gasteiger charge is -2.39. The number of nitriles is 1. The predicted molar refractivity (Wildman–Crippen MR) is 186 cm³/mol. The van der Waals surface area contributed by atoms with Crippen molar-refractivity contribution in [3.8, 4) is 23.3 Å². The van der Waals surface area contributed by atoms with Gasteiger partial charge in [0.25, 0.3) is 0 Å². The molecule has 0 aromatic heterocycles. The molecule has 0 bridgehead atoms. The van der Waals surface area contributed by atoms with Crippen molar-refractivity contribution in [2.75, 3.05) is 33.1 Å². The molecule has 3 aromatic carbocycles. The maximum Gasteiger partial charge on any atom is 0.407 e. The van der Waals surface area contributed by atoms with E-state index in [1.807, 2.05) is 18.2 Å². The molecule has 3 fully saturated rings. The number of ether oxygens (including phenoxy) is 5. The van der Waals surface area contributed by atoms with Crippen molar-refractivity contribution in [1.82, 2.24) is 9.21 Å². The lowest BCUT2D eigenvalue weighted by Crippen LogP contribution is -2.57. The lowest BCUT2D eigenvalue weighted by molar-refractivity contribution is -0.0906. The highest BCUT2D eigenvalue weighted by Crippen LogP contribution is 2.38. The number of hydrogen-bond acceptors (Lipinski definition) is 10. The summed E-state index contributed by atoms with van der Waals surface area (Å²) in [5, 5.41) is 32.1. The first-order chi connectivity index (χ1) is 25.2. The molecule has 3 aromatic rings. The summed E-state index contributed by atoms with van der Waals surface area (Å²) in [6.07, 6.45) is 1.30. The highest BCUT2D eigenvalue weighted by atomic mass is 32.2. The van der Waals surface area contributed by atoms with Crippen molar-refractivity contribution in [3.63, 3.8) is 0 Å². The van der Waals surface area contributed by atoms with Gasteiger partial charge in [-0.25, -0.2) is 13.2 Å². The molecule has 276 valence electrons. The van der Waals surface area contributed by atoms with Gasteiger partial charge in [-0.3, -0.25) is 4.90 Å². The summed E-state index contributed by atoms with van der Waals surface area (Å²) < 4.78 is 58.3. The molecular weight excluding hydrogens is 690 g/mol. The molecule has 7 rings (SSSR count). The SMILES string of the molecule is N#Cc1cccc(COc2ccc(C[C@@H]([C@H](O)CN(CC3CCCC3)S(=O)(=O)c3ccc4c(c3)OCO4)N(C(=O)O)[C@H]3CO[C@H]4OCC[C@H]43)cc2)c1. The Morgan fingerprint density at radius 1 is 0.981 bits per heavy atom. The second-order valence-electron chi connectivity index (χ2n) is 13.9. The van der Waals surface area contributed by atoms with E-state index in [2.05, 4.69) is 6.07 Å². The molecule has 4 aliphatic rings. The molecule has 14 heteroatoms. The molecule has 1 saturated carbocycles. The minimum atomic E-state index is -4.14. The second-order valence-corrected chi connectivity index (χ2v) is 15.8. The number of rotatable bonds is 14. The summed E-state index contributed by atoms with van der Waals surface area (Å²) in [6.45, 7) is 0.676. The van der Waals surface area contributed by atoms with Gasteiger partial charge in [-0.05, 0) is 79.1 Å². The zero-order chi connectivity index (χ0) is 36.2. The zero-order valence-corrected chi connectivity index (χ0v) is 29.5. The van der Waals surface area contributed by atoms with Crippen LogP contribution in [0.3, 0.4) is 0 Å². The maximum atomic E-state index is 14.3. The number of carbonyl (C=O) groups is 1. The Morgan fingerprint density at radius 3 is 2.54 bits per heavy atom. The Morgan fingerprint density at radius 2 is 1.77 bits per heavy atom. The molecule has 2 saturated heterocycles. The average Bonchev–Trinajstić information content (AvgIpc) is 3.98. The van der Waals surface area contributed by atoms with Gasteiger partial charge >= 0.3 is 6.09 Å². The van der Waals surface area contributed by atoms with Crippen molar-refractivity contribution < 1.29 is 47.1 Å². The van der Waals surface area contributed by atoms with E-state index in [0.29, 0.717) is 35.8 Å². The Hall–Kier alpha value is -4.39. The van der Waals surface area contributed by atoms with Crippen LogP contribution in [-0.2, 0) is 32.5 Å². The van der Waals surface area contributed by atoms with E-state index in [4.69, 9.17) is 23.7 Å². The lowest BCUT2D eigenvalue weighted by atomic mass is 9.93. The molecule has 13 nitrogen and oxygen atoms in total. The Balaban J connectivity index is 1.16. The largest absolute Gasteiger partial charge is 0.489 e. The highest BCUT2D eigenvalue weighted by molar-refractivity contribution is 7.89. The van der Waals surface area contributed by atoms with Crippen LogP contribution in [0.15, 0.2) is 71.6 Å². The first-order valence-corrected chi connectivity index (χ1v) is 19.2. The maximum absolute atomic E-state index is 14.3. The molecule has 3 aliphatic heterocycles. The van der Waals surface area contributed by atoms with Crippen molar-refractivity contribution in [3.05, 3.63) is 83.4 Å². The van der Waals surface area contributed by atoms with Gasteiger partial charge in [0, 0.05) is 25.1 Å². The number of nitrogens with zero attached hydrogens (tertiary/aromatic N) is 3. The van der Waals surface area contributed by atoms with E-state index in [1.54, 1.807) is 36.4 Å². The highest BCUT2D eigenvalue weighted by Gasteiger charge is 2.49. The third-order valence-corrected chi connectivity index (χ3v) is 12.4. The Bertz CT molecular complexity index is 1880. The summed E-state index contributed by atoms with van der Waals surface area (Å²) in [7, 11) is -4.14. The van der Waals surface area contributed by atoms with Crippen molar-refractivity contribution in [1.29, 1.82) is 5.26 Å². The van der Waals surface area contributed by atoms with Crippen LogP contribution in [0.2, 0.25) is 0 Å². The van der Waals surface area contributed by atoms with Crippen molar-refractivity contribution in [2.24, 2.45) is 11.8 Å². The van der Waals surface area contributed by atoms with Crippen LogP contribution in [0.25, 0.3) is 0 Å². The molecule has 52 heavy (non-hydrogen) atoms. The van der Waals surface area contributed by atoms with Crippen LogP contribution in [0.5, 0.6) is 17.2 Å². The van der Waals surface area contributed by atoms with Gasteiger partial charge in [0.05, 0.1) is 47.9 Å². The molecule has 3 heterocycles. The van der Waals surface area contributed by atoms with Crippen LogP contribution in [0.1, 0.15) is 48.8 Å². The number of benzene rings is 3. The first kappa shape index (κ1) is 36.0. The fraction of sp³-hybridized carbons (Fsp3) is 0.474. The number of amides is 1. The molecule has 0 spiro atoms. The number of aliphatic hydroxyl groups excluding tert-OH is 1. The number of carboxylic acid groups (broad SMARTS) is 1. The van der Waals surface area contributed by atoms with E-state index in [9.17, 15) is 28.7 Å². The van der Waals surface area contributed by atoms with E-state index in [1.165, 1.54) is 21.3 Å². The topological polar surface area (TPSA) is 168 Å². The number of fused-ring (bicyclic) bond motifs is 2.